The number of ether oxygens (including phenoxy) is 4. The Bertz CT molecular complexity index is 360. The van der Waals surface area contributed by atoms with Gasteiger partial charge in [-0.2, -0.15) is 0 Å². The molecule has 1 heterocycles. The third-order valence-electron chi connectivity index (χ3n) is 2.32. The van der Waals surface area contributed by atoms with Gasteiger partial charge in [-0.1, -0.05) is 0 Å². The van der Waals surface area contributed by atoms with Gasteiger partial charge in [-0.05, 0) is 13.0 Å². The summed E-state index contributed by atoms with van der Waals surface area (Å²) in [5, 5.41) is 0. The Labute approximate surface area is 113 Å². The van der Waals surface area contributed by atoms with E-state index in [9.17, 15) is 0 Å². The number of hydrogen-bond acceptors (Lipinski definition) is 6. The van der Waals surface area contributed by atoms with Crippen LogP contribution in [-0.2, 0) is 14.2 Å². The third kappa shape index (κ3) is 6.95. The summed E-state index contributed by atoms with van der Waals surface area (Å²) in [7, 11) is 1.64. The van der Waals surface area contributed by atoms with Crippen LogP contribution >= 0.6 is 0 Å². The molecule has 0 bridgehead atoms. The van der Waals surface area contributed by atoms with Crippen molar-refractivity contribution in [3.05, 3.63) is 17.8 Å². The van der Waals surface area contributed by atoms with Crippen LogP contribution in [0.4, 0.5) is 5.69 Å². The third-order valence-corrected chi connectivity index (χ3v) is 2.32. The maximum absolute atomic E-state index is 5.61. The lowest BCUT2D eigenvalue weighted by Crippen LogP contribution is -2.13. The largest absolute Gasteiger partial charge is 0.475 e. The number of aryl methyl sites for hydroxylation is 1. The minimum absolute atomic E-state index is 0.454. The van der Waals surface area contributed by atoms with Crippen LogP contribution in [0, 0.1) is 6.92 Å². The minimum atomic E-state index is 0.454. The smallest absolute Gasteiger partial charge is 0.216 e. The van der Waals surface area contributed by atoms with Gasteiger partial charge in [0.15, 0.2) is 0 Å². The molecule has 1 aromatic heterocycles. The van der Waals surface area contributed by atoms with Crippen LogP contribution in [0.2, 0.25) is 0 Å². The van der Waals surface area contributed by atoms with E-state index >= 15 is 0 Å². The van der Waals surface area contributed by atoms with Crippen LogP contribution in [0.25, 0.3) is 0 Å². The number of nitrogen functional groups attached to an aromatic ring is 1. The molecule has 0 fully saturated rings. The van der Waals surface area contributed by atoms with Gasteiger partial charge in [-0.15, -0.1) is 0 Å². The molecular formula is C13H22N2O4. The fourth-order valence-electron chi connectivity index (χ4n) is 1.40. The number of hydrogen-bond donors (Lipinski definition) is 1. The molecule has 0 spiro atoms. The molecule has 1 rings (SSSR count). The summed E-state index contributed by atoms with van der Waals surface area (Å²) in [5.74, 6) is 0.592. The number of nitrogens with zero attached hydrogens (tertiary/aromatic N) is 1. The Morgan fingerprint density at radius 2 is 1.68 bits per heavy atom. The average molecular weight is 270 g/mol. The van der Waals surface area contributed by atoms with Crippen LogP contribution in [0.15, 0.2) is 12.3 Å². The maximum atomic E-state index is 5.61. The number of pyridine rings is 1. The van der Waals surface area contributed by atoms with Gasteiger partial charge in [0.2, 0.25) is 5.88 Å². The highest BCUT2D eigenvalue weighted by Gasteiger charge is 2.01. The molecule has 6 nitrogen and oxygen atoms in total. The van der Waals surface area contributed by atoms with Crippen molar-refractivity contribution in [3.8, 4) is 5.88 Å². The second-order valence-electron chi connectivity index (χ2n) is 3.96. The predicted molar refractivity (Wildman–Crippen MR) is 72.4 cm³/mol. The van der Waals surface area contributed by atoms with E-state index in [1.807, 2.05) is 13.0 Å². The van der Waals surface area contributed by atoms with Crippen molar-refractivity contribution in [2.45, 2.75) is 6.92 Å². The number of aromatic nitrogens is 1. The molecule has 1 aromatic rings. The monoisotopic (exact) mass is 270 g/mol. The first-order chi connectivity index (χ1) is 9.24. The molecule has 2 N–H and O–H groups in total. The Morgan fingerprint density at radius 1 is 1.05 bits per heavy atom. The summed E-state index contributed by atoms with van der Waals surface area (Å²) in [5.41, 5.74) is 7.16. The molecule has 6 heteroatoms. The first-order valence-electron chi connectivity index (χ1n) is 6.23. The van der Waals surface area contributed by atoms with Crippen molar-refractivity contribution in [1.29, 1.82) is 0 Å². The van der Waals surface area contributed by atoms with E-state index in [-0.39, 0.29) is 0 Å². The molecule has 0 atom stereocenters. The molecule has 19 heavy (non-hydrogen) atoms. The average Bonchev–Trinajstić information content (AvgIpc) is 2.39. The molecule has 0 saturated carbocycles. The SMILES string of the molecule is COCCOCCOCCOc1ncc(N)cc1C. The molecule has 0 aliphatic carbocycles. The lowest BCUT2D eigenvalue weighted by Gasteiger charge is -2.09. The van der Waals surface area contributed by atoms with Crippen molar-refractivity contribution in [2.75, 3.05) is 52.5 Å². The highest BCUT2D eigenvalue weighted by molar-refractivity contribution is 5.41. The van der Waals surface area contributed by atoms with Crippen molar-refractivity contribution in [3.63, 3.8) is 0 Å². The maximum Gasteiger partial charge on any atom is 0.216 e. The molecule has 0 radical (unpaired) electrons. The zero-order valence-electron chi connectivity index (χ0n) is 11.6. The van der Waals surface area contributed by atoms with Gasteiger partial charge >= 0.3 is 0 Å². The van der Waals surface area contributed by atoms with Gasteiger partial charge in [0.1, 0.15) is 6.61 Å². The molecule has 0 aliphatic heterocycles. The Kier molecular flexibility index (Phi) is 7.88. The summed E-state index contributed by atoms with van der Waals surface area (Å²) >= 11 is 0. The lowest BCUT2D eigenvalue weighted by atomic mass is 10.3. The number of anilines is 1. The van der Waals surface area contributed by atoms with Gasteiger partial charge in [0, 0.05) is 12.7 Å². The summed E-state index contributed by atoms with van der Waals surface area (Å²) in [4.78, 5) is 4.10. The van der Waals surface area contributed by atoms with Crippen LogP contribution in [0.5, 0.6) is 5.88 Å². The molecule has 0 aromatic carbocycles. The quantitative estimate of drug-likeness (QED) is 0.640. The summed E-state index contributed by atoms with van der Waals surface area (Å²) in [6.45, 7) is 5.15. The number of methoxy groups -OCH3 is 1. The molecular weight excluding hydrogens is 248 g/mol. The summed E-state index contributed by atoms with van der Waals surface area (Å²) < 4.78 is 20.9. The van der Waals surface area contributed by atoms with E-state index < -0.39 is 0 Å². The van der Waals surface area contributed by atoms with E-state index in [1.54, 1.807) is 13.3 Å². The van der Waals surface area contributed by atoms with Crippen molar-refractivity contribution in [2.24, 2.45) is 0 Å². The van der Waals surface area contributed by atoms with Crippen LogP contribution in [-0.4, -0.2) is 51.7 Å². The van der Waals surface area contributed by atoms with E-state index in [2.05, 4.69) is 4.98 Å². The van der Waals surface area contributed by atoms with Crippen molar-refractivity contribution < 1.29 is 18.9 Å². The predicted octanol–water partition coefficient (Wildman–Crippen LogP) is 1.03. The van der Waals surface area contributed by atoms with E-state index in [0.717, 1.165) is 5.56 Å². The van der Waals surface area contributed by atoms with Gasteiger partial charge in [-0.3, -0.25) is 0 Å². The van der Waals surface area contributed by atoms with Gasteiger partial charge in [-0.25, -0.2) is 4.98 Å². The number of rotatable bonds is 10. The van der Waals surface area contributed by atoms with E-state index in [1.165, 1.54) is 0 Å². The van der Waals surface area contributed by atoms with E-state index in [4.69, 9.17) is 24.7 Å². The molecule has 0 unspecified atom stereocenters. The Hall–Kier alpha value is -1.37. The van der Waals surface area contributed by atoms with Crippen LogP contribution < -0.4 is 10.5 Å². The van der Waals surface area contributed by atoms with Crippen LogP contribution in [0.3, 0.4) is 0 Å². The van der Waals surface area contributed by atoms with Crippen molar-refractivity contribution in [1.82, 2.24) is 4.98 Å². The Morgan fingerprint density at radius 3 is 2.32 bits per heavy atom. The van der Waals surface area contributed by atoms with E-state index in [0.29, 0.717) is 51.2 Å². The topological polar surface area (TPSA) is 75.8 Å². The minimum Gasteiger partial charge on any atom is -0.475 e. The molecule has 0 amide bonds. The first kappa shape index (κ1) is 15.7. The standard InChI is InChI=1S/C13H22N2O4/c1-11-9-12(14)10-15-13(11)19-8-7-18-6-5-17-4-3-16-2/h9-10H,3-8,14H2,1-2H3. The van der Waals surface area contributed by atoms with Gasteiger partial charge in [0.05, 0.1) is 44.9 Å². The zero-order valence-corrected chi connectivity index (χ0v) is 11.6. The lowest BCUT2D eigenvalue weighted by molar-refractivity contribution is 0.0176. The molecule has 0 aliphatic rings. The zero-order chi connectivity index (χ0) is 13.9. The fraction of sp³-hybridized carbons (Fsp3) is 0.615. The fourth-order valence-corrected chi connectivity index (χ4v) is 1.40. The molecule has 108 valence electrons. The highest BCUT2D eigenvalue weighted by atomic mass is 16.6. The summed E-state index contributed by atoms with van der Waals surface area (Å²) in [6, 6.07) is 1.83. The van der Waals surface area contributed by atoms with Crippen LogP contribution in [0.1, 0.15) is 5.56 Å². The normalized spacial score (nSPS) is 10.6. The van der Waals surface area contributed by atoms with Crippen molar-refractivity contribution >= 4 is 5.69 Å². The molecule has 0 saturated heterocycles. The second kappa shape index (κ2) is 9.55. The summed E-state index contributed by atoms with van der Waals surface area (Å²) in [6.07, 6.45) is 1.58. The first-order valence-corrected chi connectivity index (χ1v) is 6.23. The number of nitrogens with two attached hydrogens (primary N) is 1. The highest BCUT2D eigenvalue weighted by Crippen LogP contribution is 2.15. The second-order valence-corrected chi connectivity index (χ2v) is 3.96. The Balaban J connectivity index is 2.01. The van der Waals surface area contributed by atoms with Gasteiger partial charge in [0.25, 0.3) is 0 Å². The van der Waals surface area contributed by atoms with Gasteiger partial charge < -0.3 is 24.7 Å².